The van der Waals surface area contributed by atoms with Crippen LogP contribution in [0.3, 0.4) is 0 Å². The highest BCUT2D eigenvalue weighted by Crippen LogP contribution is 2.24. The molecule has 2 aromatic carbocycles. The number of thiocarbonyl (C=S) groups is 1. The maximum absolute atomic E-state index is 5.65. The zero-order valence-corrected chi connectivity index (χ0v) is 17.4. The van der Waals surface area contributed by atoms with E-state index in [0.29, 0.717) is 5.11 Å². The van der Waals surface area contributed by atoms with Crippen LogP contribution in [-0.2, 0) is 5.41 Å². The van der Waals surface area contributed by atoms with Gasteiger partial charge in [-0.05, 0) is 73.8 Å². The fourth-order valence-corrected chi connectivity index (χ4v) is 2.90. The molecule has 3 nitrogen and oxygen atoms in total. The SMILES string of the molecule is CC(C)Oc1ccc(NC(=S)N[C@H](C)c2ccc(C(C)(C)C)cc2)cc1. The smallest absolute Gasteiger partial charge is 0.171 e. The van der Waals surface area contributed by atoms with Crippen molar-refractivity contribution < 1.29 is 4.74 Å². The van der Waals surface area contributed by atoms with Crippen molar-refractivity contribution in [1.82, 2.24) is 5.32 Å². The normalized spacial score (nSPS) is 12.6. The molecule has 0 aliphatic heterocycles. The van der Waals surface area contributed by atoms with Crippen LogP contribution in [0.5, 0.6) is 5.75 Å². The number of nitrogens with one attached hydrogen (secondary N) is 2. The summed E-state index contributed by atoms with van der Waals surface area (Å²) in [5.74, 6) is 0.858. The molecule has 0 aliphatic carbocycles. The van der Waals surface area contributed by atoms with Gasteiger partial charge in [-0.2, -0.15) is 0 Å². The van der Waals surface area contributed by atoms with E-state index in [1.807, 2.05) is 38.1 Å². The van der Waals surface area contributed by atoms with Crippen molar-refractivity contribution >= 4 is 23.0 Å². The van der Waals surface area contributed by atoms with Crippen molar-refractivity contribution in [3.8, 4) is 5.75 Å². The summed E-state index contributed by atoms with van der Waals surface area (Å²) in [7, 11) is 0. The molecular formula is C22H30N2OS. The van der Waals surface area contributed by atoms with Gasteiger partial charge in [0.25, 0.3) is 0 Å². The van der Waals surface area contributed by atoms with Gasteiger partial charge in [-0.25, -0.2) is 0 Å². The Hall–Kier alpha value is -2.07. The average Bonchev–Trinajstić information content (AvgIpc) is 2.55. The number of hydrogen-bond acceptors (Lipinski definition) is 2. The Morgan fingerprint density at radius 1 is 0.923 bits per heavy atom. The molecule has 0 bridgehead atoms. The predicted molar refractivity (Wildman–Crippen MR) is 115 cm³/mol. The summed E-state index contributed by atoms with van der Waals surface area (Å²) in [6.45, 7) is 12.8. The molecule has 0 saturated carbocycles. The fraction of sp³-hybridized carbons (Fsp3) is 0.409. The largest absolute Gasteiger partial charge is 0.491 e. The van der Waals surface area contributed by atoms with Gasteiger partial charge in [-0.1, -0.05) is 45.0 Å². The van der Waals surface area contributed by atoms with Crippen molar-refractivity contribution in [2.24, 2.45) is 0 Å². The Morgan fingerprint density at radius 2 is 1.50 bits per heavy atom. The van der Waals surface area contributed by atoms with Gasteiger partial charge in [0.1, 0.15) is 5.75 Å². The highest BCUT2D eigenvalue weighted by atomic mass is 32.1. The van der Waals surface area contributed by atoms with E-state index in [2.05, 4.69) is 62.6 Å². The Morgan fingerprint density at radius 3 is 2.00 bits per heavy atom. The van der Waals surface area contributed by atoms with E-state index in [9.17, 15) is 0 Å². The lowest BCUT2D eigenvalue weighted by atomic mass is 9.86. The lowest BCUT2D eigenvalue weighted by Crippen LogP contribution is -2.30. The van der Waals surface area contributed by atoms with Crippen molar-refractivity contribution in [3.63, 3.8) is 0 Å². The molecule has 2 aromatic rings. The Balaban J connectivity index is 1.92. The van der Waals surface area contributed by atoms with Gasteiger partial charge in [0.15, 0.2) is 5.11 Å². The van der Waals surface area contributed by atoms with Gasteiger partial charge in [0.2, 0.25) is 0 Å². The molecule has 2 rings (SSSR count). The van der Waals surface area contributed by atoms with E-state index in [0.717, 1.165) is 11.4 Å². The molecule has 26 heavy (non-hydrogen) atoms. The number of ether oxygens (including phenoxy) is 1. The van der Waals surface area contributed by atoms with E-state index >= 15 is 0 Å². The molecular weight excluding hydrogens is 340 g/mol. The summed E-state index contributed by atoms with van der Waals surface area (Å²) in [5, 5.41) is 7.17. The van der Waals surface area contributed by atoms with Gasteiger partial charge in [-0.3, -0.25) is 0 Å². The van der Waals surface area contributed by atoms with Crippen molar-refractivity contribution in [2.75, 3.05) is 5.32 Å². The molecule has 140 valence electrons. The van der Waals surface area contributed by atoms with Gasteiger partial charge in [0.05, 0.1) is 12.1 Å². The first-order valence-corrected chi connectivity index (χ1v) is 9.50. The fourth-order valence-electron chi connectivity index (χ4n) is 2.61. The molecule has 0 fully saturated rings. The summed E-state index contributed by atoms with van der Waals surface area (Å²) in [6.07, 6.45) is 0.169. The van der Waals surface area contributed by atoms with E-state index in [1.54, 1.807) is 0 Å². The van der Waals surface area contributed by atoms with Crippen LogP contribution in [0, 0.1) is 0 Å². The van der Waals surface area contributed by atoms with E-state index in [4.69, 9.17) is 17.0 Å². The minimum Gasteiger partial charge on any atom is -0.491 e. The van der Waals surface area contributed by atoms with Crippen LogP contribution in [0.25, 0.3) is 0 Å². The Kier molecular flexibility index (Phi) is 6.65. The van der Waals surface area contributed by atoms with Crippen LogP contribution < -0.4 is 15.4 Å². The molecule has 0 heterocycles. The topological polar surface area (TPSA) is 33.3 Å². The molecule has 0 radical (unpaired) electrons. The maximum Gasteiger partial charge on any atom is 0.171 e. The van der Waals surface area contributed by atoms with Crippen LogP contribution in [0.1, 0.15) is 58.7 Å². The first-order chi connectivity index (χ1) is 12.1. The quantitative estimate of drug-likeness (QED) is 0.650. The van der Waals surface area contributed by atoms with Crippen LogP contribution in [-0.4, -0.2) is 11.2 Å². The third kappa shape index (κ3) is 6.03. The predicted octanol–water partition coefficient (Wildman–Crippen LogP) is 5.82. The van der Waals surface area contributed by atoms with Gasteiger partial charge < -0.3 is 15.4 Å². The molecule has 0 aliphatic rings. The van der Waals surface area contributed by atoms with Crippen LogP contribution >= 0.6 is 12.2 Å². The minimum atomic E-state index is 0.132. The first-order valence-electron chi connectivity index (χ1n) is 9.10. The third-order valence-corrected chi connectivity index (χ3v) is 4.33. The minimum absolute atomic E-state index is 0.132. The lowest BCUT2D eigenvalue weighted by molar-refractivity contribution is 0.242. The second-order valence-corrected chi connectivity index (χ2v) is 8.29. The second-order valence-electron chi connectivity index (χ2n) is 7.88. The summed E-state index contributed by atoms with van der Waals surface area (Å²) >= 11 is 5.45. The van der Waals surface area contributed by atoms with Gasteiger partial charge in [-0.15, -0.1) is 0 Å². The summed E-state index contributed by atoms with van der Waals surface area (Å²) < 4.78 is 5.65. The zero-order valence-electron chi connectivity index (χ0n) is 16.6. The van der Waals surface area contributed by atoms with Crippen molar-refractivity contribution in [1.29, 1.82) is 0 Å². The highest BCUT2D eigenvalue weighted by Gasteiger charge is 2.14. The molecule has 0 spiro atoms. The summed E-state index contributed by atoms with van der Waals surface area (Å²) in [6, 6.07) is 16.7. The standard InChI is InChI=1S/C22H30N2OS/c1-15(2)25-20-13-11-19(12-14-20)24-21(26)23-16(3)17-7-9-18(10-8-17)22(4,5)6/h7-16H,1-6H3,(H2,23,24,26)/t16-/m1/s1. The molecule has 4 heteroatoms. The molecule has 1 atom stereocenters. The van der Waals surface area contributed by atoms with Crippen LogP contribution in [0.2, 0.25) is 0 Å². The van der Waals surface area contributed by atoms with E-state index in [1.165, 1.54) is 11.1 Å². The number of rotatable bonds is 5. The zero-order chi connectivity index (χ0) is 19.3. The van der Waals surface area contributed by atoms with E-state index in [-0.39, 0.29) is 17.6 Å². The Labute approximate surface area is 163 Å². The maximum atomic E-state index is 5.65. The molecule has 0 amide bonds. The summed E-state index contributed by atoms with van der Waals surface area (Å²) in [5.41, 5.74) is 3.65. The highest BCUT2D eigenvalue weighted by molar-refractivity contribution is 7.80. The first kappa shape index (κ1) is 20.2. The van der Waals surface area contributed by atoms with Crippen LogP contribution in [0.15, 0.2) is 48.5 Å². The second kappa shape index (κ2) is 8.54. The van der Waals surface area contributed by atoms with Gasteiger partial charge in [0, 0.05) is 5.69 Å². The summed E-state index contributed by atoms with van der Waals surface area (Å²) in [4.78, 5) is 0. The molecule has 2 N–H and O–H groups in total. The number of anilines is 1. The lowest BCUT2D eigenvalue weighted by Gasteiger charge is -2.21. The molecule has 0 unspecified atom stereocenters. The molecule has 0 saturated heterocycles. The van der Waals surface area contributed by atoms with Crippen LogP contribution in [0.4, 0.5) is 5.69 Å². The average molecular weight is 371 g/mol. The monoisotopic (exact) mass is 370 g/mol. The van der Waals surface area contributed by atoms with Gasteiger partial charge >= 0.3 is 0 Å². The number of benzene rings is 2. The van der Waals surface area contributed by atoms with E-state index < -0.39 is 0 Å². The number of hydrogen-bond donors (Lipinski definition) is 2. The van der Waals surface area contributed by atoms with Crippen molar-refractivity contribution in [2.45, 2.75) is 59.1 Å². The molecule has 0 aromatic heterocycles. The van der Waals surface area contributed by atoms with Crippen molar-refractivity contribution in [3.05, 3.63) is 59.7 Å². The third-order valence-electron chi connectivity index (χ3n) is 4.11. The Bertz CT molecular complexity index is 715.